The molecule has 0 saturated carbocycles. The summed E-state index contributed by atoms with van der Waals surface area (Å²) in [5.41, 5.74) is 2.31. The molecule has 2 aromatic rings. The number of aromatic nitrogens is 1. The number of hydrogen-bond acceptors (Lipinski definition) is 2. The highest BCUT2D eigenvalue weighted by Gasteiger charge is 2.01. The molecular weight excluding hydrogens is 288 g/mol. The van der Waals surface area contributed by atoms with Crippen molar-refractivity contribution in [1.29, 1.82) is 0 Å². The second-order valence-electron chi connectivity index (χ2n) is 5.55. The molecule has 0 bridgehead atoms. The number of rotatable bonds is 9. The molecule has 0 unspecified atom stereocenters. The summed E-state index contributed by atoms with van der Waals surface area (Å²) in [6.07, 6.45) is 3.31. The monoisotopic (exact) mass is 316 g/mol. The number of ether oxygens (including phenoxy) is 1. The van der Waals surface area contributed by atoms with Gasteiger partial charge in [-0.2, -0.15) is 0 Å². The lowest BCUT2D eigenvalue weighted by Crippen LogP contribution is -2.37. The summed E-state index contributed by atoms with van der Waals surface area (Å²) < 4.78 is 5.55. The Balaban J connectivity index is 1.66. The first-order valence-corrected chi connectivity index (χ1v) is 8.42. The van der Waals surface area contributed by atoms with Gasteiger partial charge in [-0.05, 0) is 30.4 Å². The van der Waals surface area contributed by atoms with Crippen LogP contribution in [0.4, 0.5) is 0 Å². The van der Waals surface area contributed by atoms with E-state index in [0.717, 1.165) is 56.3 Å². The molecular formula is C18H28N4O. The van der Waals surface area contributed by atoms with E-state index in [0.29, 0.717) is 0 Å². The van der Waals surface area contributed by atoms with E-state index in [4.69, 9.17) is 4.74 Å². The van der Waals surface area contributed by atoms with Crippen LogP contribution < -0.4 is 10.6 Å². The van der Waals surface area contributed by atoms with Crippen molar-refractivity contribution < 1.29 is 4.74 Å². The van der Waals surface area contributed by atoms with Crippen LogP contribution in [-0.2, 0) is 11.3 Å². The predicted octanol–water partition coefficient (Wildman–Crippen LogP) is 3.04. The number of fused-ring (bicyclic) bond motifs is 1. The molecule has 0 spiro atoms. The number of aliphatic imine (C=N–C) groups is 1. The number of nitrogens with one attached hydrogen (secondary N) is 3. The number of nitrogens with zero attached hydrogens (tertiary/aromatic N) is 1. The van der Waals surface area contributed by atoms with Crippen molar-refractivity contribution in [3.8, 4) is 0 Å². The maximum atomic E-state index is 5.55. The zero-order valence-corrected chi connectivity index (χ0v) is 14.2. The molecule has 2 rings (SSSR count). The van der Waals surface area contributed by atoms with Crippen LogP contribution in [0.3, 0.4) is 0 Å². The topological polar surface area (TPSA) is 61.4 Å². The molecule has 0 aliphatic heterocycles. The van der Waals surface area contributed by atoms with E-state index in [1.807, 2.05) is 6.07 Å². The minimum Gasteiger partial charge on any atom is -0.381 e. The normalized spacial score (nSPS) is 11.8. The molecule has 1 aromatic carbocycles. The number of guanidine groups is 1. The van der Waals surface area contributed by atoms with E-state index in [2.05, 4.69) is 51.8 Å². The first-order chi connectivity index (χ1) is 11.3. The SMILES string of the molecule is CCCCOCCCNC(=NC)NCc1cc2ccccc2[nH]1. The van der Waals surface area contributed by atoms with Crippen molar-refractivity contribution in [2.24, 2.45) is 4.99 Å². The Morgan fingerprint density at radius 2 is 2.00 bits per heavy atom. The van der Waals surface area contributed by atoms with Gasteiger partial charge in [0.25, 0.3) is 0 Å². The van der Waals surface area contributed by atoms with E-state index in [-0.39, 0.29) is 0 Å². The minimum absolute atomic E-state index is 0.724. The van der Waals surface area contributed by atoms with Crippen LogP contribution in [0, 0.1) is 0 Å². The third-order valence-electron chi connectivity index (χ3n) is 3.66. The number of H-pyrrole nitrogens is 1. The molecule has 5 heteroatoms. The molecule has 0 aliphatic rings. The fraction of sp³-hybridized carbons (Fsp3) is 0.500. The Kier molecular flexibility index (Phi) is 7.46. The van der Waals surface area contributed by atoms with Gasteiger partial charge < -0.3 is 20.4 Å². The fourth-order valence-electron chi connectivity index (χ4n) is 2.36. The second kappa shape index (κ2) is 9.90. The van der Waals surface area contributed by atoms with Crippen molar-refractivity contribution in [1.82, 2.24) is 15.6 Å². The molecule has 0 saturated heterocycles. The summed E-state index contributed by atoms with van der Waals surface area (Å²) in [5.74, 6) is 0.817. The Bertz CT molecular complexity index is 573. The first-order valence-electron chi connectivity index (χ1n) is 8.42. The number of benzene rings is 1. The number of para-hydroxylation sites is 1. The number of hydrogen-bond donors (Lipinski definition) is 3. The smallest absolute Gasteiger partial charge is 0.191 e. The van der Waals surface area contributed by atoms with E-state index < -0.39 is 0 Å². The average Bonchev–Trinajstić information content (AvgIpc) is 2.99. The highest BCUT2D eigenvalue weighted by atomic mass is 16.5. The summed E-state index contributed by atoms with van der Waals surface area (Å²) in [6.45, 7) is 5.42. The largest absolute Gasteiger partial charge is 0.381 e. The van der Waals surface area contributed by atoms with Gasteiger partial charge in [0.2, 0.25) is 0 Å². The summed E-state index contributed by atoms with van der Waals surface area (Å²) >= 11 is 0. The third kappa shape index (κ3) is 5.94. The van der Waals surface area contributed by atoms with Crippen LogP contribution in [0.1, 0.15) is 31.9 Å². The van der Waals surface area contributed by atoms with Crippen LogP contribution >= 0.6 is 0 Å². The van der Waals surface area contributed by atoms with Crippen LogP contribution in [0.25, 0.3) is 10.9 Å². The Morgan fingerprint density at radius 3 is 2.78 bits per heavy atom. The molecule has 1 heterocycles. The summed E-state index contributed by atoms with van der Waals surface area (Å²) in [6, 6.07) is 10.5. The van der Waals surface area contributed by atoms with Crippen LogP contribution in [-0.4, -0.2) is 37.7 Å². The molecule has 0 radical (unpaired) electrons. The van der Waals surface area contributed by atoms with Gasteiger partial charge in [-0.25, -0.2) is 0 Å². The number of unbranched alkanes of at least 4 members (excludes halogenated alkanes) is 1. The highest BCUT2D eigenvalue weighted by Crippen LogP contribution is 2.14. The van der Waals surface area contributed by atoms with Gasteiger partial charge >= 0.3 is 0 Å². The maximum Gasteiger partial charge on any atom is 0.191 e. The van der Waals surface area contributed by atoms with E-state index in [1.54, 1.807) is 7.05 Å². The van der Waals surface area contributed by atoms with E-state index in [1.165, 1.54) is 11.8 Å². The maximum absolute atomic E-state index is 5.55. The second-order valence-corrected chi connectivity index (χ2v) is 5.55. The molecule has 23 heavy (non-hydrogen) atoms. The quantitative estimate of drug-likeness (QED) is 0.378. The van der Waals surface area contributed by atoms with Gasteiger partial charge in [0.15, 0.2) is 5.96 Å². The fourth-order valence-corrected chi connectivity index (χ4v) is 2.36. The van der Waals surface area contributed by atoms with Crippen molar-refractivity contribution in [3.05, 3.63) is 36.0 Å². The summed E-state index contributed by atoms with van der Waals surface area (Å²) in [5, 5.41) is 7.87. The van der Waals surface area contributed by atoms with Crippen LogP contribution in [0.5, 0.6) is 0 Å². The Labute approximate surface area is 138 Å². The lowest BCUT2D eigenvalue weighted by atomic mass is 10.2. The predicted molar refractivity (Wildman–Crippen MR) is 96.8 cm³/mol. The Hall–Kier alpha value is -2.01. The average molecular weight is 316 g/mol. The molecule has 3 N–H and O–H groups in total. The summed E-state index contributed by atoms with van der Waals surface area (Å²) in [7, 11) is 1.79. The lowest BCUT2D eigenvalue weighted by Gasteiger charge is -2.11. The van der Waals surface area contributed by atoms with Crippen molar-refractivity contribution >= 4 is 16.9 Å². The van der Waals surface area contributed by atoms with Crippen molar-refractivity contribution in [3.63, 3.8) is 0 Å². The lowest BCUT2D eigenvalue weighted by molar-refractivity contribution is 0.129. The molecule has 0 fully saturated rings. The summed E-state index contributed by atoms with van der Waals surface area (Å²) in [4.78, 5) is 7.65. The zero-order chi connectivity index (χ0) is 16.3. The van der Waals surface area contributed by atoms with Gasteiger partial charge in [0.05, 0.1) is 6.54 Å². The Morgan fingerprint density at radius 1 is 1.17 bits per heavy atom. The van der Waals surface area contributed by atoms with Crippen LogP contribution in [0.2, 0.25) is 0 Å². The van der Waals surface area contributed by atoms with E-state index in [9.17, 15) is 0 Å². The molecule has 0 atom stereocenters. The molecule has 126 valence electrons. The molecule has 0 aliphatic carbocycles. The first kappa shape index (κ1) is 17.3. The van der Waals surface area contributed by atoms with Crippen molar-refractivity contribution in [2.75, 3.05) is 26.8 Å². The zero-order valence-electron chi connectivity index (χ0n) is 14.2. The molecule has 5 nitrogen and oxygen atoms in total. The van der Waals surface area contributed by atoms with Gasteiger partial charge in [0, 0.05) is 38.0 Å². The van der Waals surface area contributed by atoms with Gasteiger partial charge in [-0.1, -0.05) is 31.5 Å². The van der Waals surface area contributed by atoms with Gasteiger partial charge in [0.1, 0.15) is 0 Å². The standard InChI is InChI=1S/C18H28N4O/c1-3-4-11-23-12-7-10-20-18(19-2)21-14-16-13-15-8-5-6-9-17(15)22-16/h5-6,8-9,13,22H,3-4,7,10-12,14H2,1-2H3,(H2,19,20,21). The van der Waals surface area contributed by atoms with E-state index >= 15 is 0 Å². The molecule has 0 amide bonds. The third-order valence-corrected chi connectivity index (χ3v) is 3.66. The van der Waals surface area contributed by atoms with Crippen molar-refractivity contribution in [2.45, 2.75) is 32.7 Å². The van der Waals surface area contributed by atoms with Gasteiger partial charge in [-0.15, -0.1) is 0 Å². The molecule has 1 aromatic heterocycles. The minimum atomic E-state index is 0.724. The number of aromatic amines is 1. The van der Waals surface area contributed by atoms with Gasteiger partial charge in [-0.3, -0.25) is 4.99 Å². The van der Waals surface area contributed by atoms with Crippen LogP contribution in [0.15, 0.2) is 35.3 Å². The highest BCUT2D eigenvalue weighted by molar-refractivity contribution is 5.81.